The summed E-state index contributed by atoms with van der Waals surface area (Å²) in [6.07, 6.45) is 3.16. The van der Waals surface area contributed by atoms with Crippen LogP contribution in [0.5, 0.6) is 5.75 Å². The molecule has 0 unspecified atom stereocenters. The normalized spacial score (nSPS) is 10.5. The molecule has 2 N–H and O–H groups in total. The Morgan fingerprint density at radius 2 is 1.62 bits per heavy atom. The third-order valence-corrected chi connectivity index (χ3v) is 2.81. The smallest absolute Gasteiger partial charge is 0.221 e. The molecular formula is C17H15NO3. The number of phenols is 1. The van der Waals surface area contributed by atoms with E-state index in [1.807, 2.05) is 0 Å². The highest BCUT2D eigenvalue weighted by Gasteiger charge is 2.02. The third kappa shape index (κ3) is 4.31. The number of allylic oxidation sites excluding steroid dienone is 1. The van der Waals surface area contributed by atoms with Gasteiger partial charge in [0.15, 0.2) is 5.78 Å². The third-order valence-electron chi connectivity index (χ3n) is 2.81. The first-order valence-electron chi connectivity index (χ1n) is 6.44. The van der Waals surface area contributed by atoms with Crippen LogP contribution < -0.4 is 5.32 Å². The first-order chi connectivity index (χ1) is 10.0. The van der Waals surface area contributed by atoms with Crippen molar-refractivity contribution in [2.24, 2.45) is 0 Å². The fourth-order valence-corrected chi connectivity index (χ4v) is 1.77. The minimum absolute atomic E-state index is 0.127. The van der Waals surface area contributed by atoms with Crippen LogP contribution in [0, 0.1) is 0 Å². The fraction of sp³-hybridized carbons (Fsp3) is 0.0588. The second-order valence-corrected chi connectivity index (χ2v) is 4.55. The van der Waals surface area contributed by atoms with Gasteiger partial charge in [0.2, 0.25) is 5.91 Å². The highest BCUT2D eigenvalue weighted by atomic mass is 16.3. The molecule has 0 radical (unpaired) electrons. The number of nitrogens with one attached hydrogen (secondary N) is 1. The van der Waals surface area contributed by atoms with Gasteiger partial charge in [-0.1, -0.05) is 18.2 Å². The largest absolute Gasteiger partial charge is 0.508 e. The van der Waals surface area contributed by atoms with Crippen LogP contribution in [0.15, 0.2) is 54.6 Å². The summed E-state index contributed by atoms with van der Waals surface area (Å²) in [6.45, 7) is 1.43. The van der Waals surface area contributed by atoms with Crippen molar-refractivity contribution < 1.29 is 14.7 Å². The van der Waals surface area contributed by atoms with Gasteiger partial charge in [0.1, 0.15) is 5.75 Å². The summed E-state index contributed by atoms with van der Waals surface area (Å²) in [6, 6.07) is 13.3. The second-order valence-electron chi connectivity index (χ2n) is 4.55. The number of aromatic hydroxyl groups is 1. The van der Waals surface area contributed by atoms with Crippen molar-refractivity contribution in [3.05, 3.63) is 65.7 Å². The summed E-state index contributed by atoms with van der Waals surface area (Å²) in [5.74, 6) is -0.0919. The monoisotopic (exact) mass is 281 g/mol. The predicted molar refractivity (Wildman–Crippen MR) is 82.2 cm³/mol. The van der Waals surface area contributed by atoms with Gasteiger partial charge in [0.05, 0.1) is 0 Å². The Bertz CT molecular complexity index is 670. The summed E-state index contributed by atoms with van der Waals surface area (Å²) in [4.78, 5) is 22.9. The molecule has 2 rings (SSSR count). The number of rotatable bonds is 4. The minimum atomic E-state index is -0.152. The van der Waals surface area contributed by atoms with Crippen LogP contribution in [0.4, 0.5) is 5.69 Å². The van der Waals surface area contributed by atoms with E-state index < -0.39 is 0 Å². The maximum atomic E-state index is 12.0. The molecule has 4 heteroatoms. The van der Waals surface area contributed by atoms with Crippen LogP contribution in [0.2, 0.25) is 0 Å². The van der Waals surface area contributed by atoms with Gasteiger partial charge in [0.25, 0.3) is 0 Å². The van der Waals surface area contributed by atoms with Crippen molar-refractivity contribution in [2.45, 2.75) is 6.92 Å². The van der Waals surface area contributed by atoms with E-state index in [2.05, 4.69) is 5.32 Å². The van der Waals surface area contributed by atoms with Crippen LogP contribution in [0.1, 0.15) is 22.8 Å². The summed E-state index contributed by atoms with van der Waals surface area (Å²) in [5.41, 5.74) is 2.02. The standard InChI is InChI=1S/C17H15NO3/c1-12(19)18-15-7-5-14(6-8-15)17(21)11-4-13-2-9-16(20)10-3-13/h2-11,20H,1H3,(H,18,19)/b11-4+. The first-order valence-corrected chi connectivity index (χ1v) is 6.44. The molecule has 0 atom stereocenters. The average molecular weight is 281 g/mol. The highest BCUT2D eigenvalue weighted by Crippen LogP contribution is 2.13. The maximum absolute atomic E-state index is 12.0. The molecule has 0 fully saturated rings. The lowest BCUT2D eigenvalue weighted by Crippen LogP contribution is -2.05. The van der Waals surface area contributed by atoms with Gasteiger partial charge in [-0.15, -0.1) is 0 Å². The minimum Gasteiger partial charge on any atom is -0.508 e. The SMILES string of the molecule is CC(=O)Nc1ccc(C(=O)/C=C/c2ccc(O)cc2)cc1. The zero-order chi connectivity index (χ0) is 15.2. The molecule has 0 aliphatic carbocycles. The summed E-state index contributed by atoms with van der Waals surface area (Å²) in [5, 5.41) is 11.8. The summed E-state index contributed by atoms with van der Waals surface area (Å²) in [7, 11) is 0. The van der Waals surface area contributed by atoms with Crippen LogP contribution in [-0.4, -0.2) is 16.8 Å². The van der Waals surface area contributed by atoms with Crippen molar-refractivity contribution in [3.63, 3.8) is 0 Å². The lowest BCUT2D eigenvalue weighted by molar-refractivity contribution is -0.114. The molecule has 2 aromatic rings. The van der Waals surface area contributed by atoms with Gasteiger partial charge in [-0.25, -0.2) is 0 Å². The topological polar surface area (TPSA) is 66.4 Å². The Morgan fingerprint density at radius 1 is 1.00 bits per heavy atom. The molecule has 0 aromatic heterocycles. The maximum Gasteiger partial charge on any atom is 0.221 e. The van der Waals surface area contributed by atoms with E-state index in [9.17, 15) is 14.7 Å². The molecule has 2 aromatic carbocycles. The number of amides is 1. The molecule has 106 valence electrons. The second kappa shape index (κ2) is 6.52. The zero-order valence-corrected chi connectivity index (χ0v) is 11.5. The highest BCUT2D eigenvalue weighted by molar-refractivity contribution is 6.07. The van der Waals surface area contributed by atoms with E-state index in [0.717, 1.165) is 5.56 Å². The molecule has 4 nitrogen and oxygen atoms in total. The van der Waals surface area contributed by atoms with Crippen LogP contribution >= 0.6 is 0 Å². The quantitative estimate of drug-likeness (QED) is 0.668. The fourth-order valence-electron chi connectivity index (χ4n) is 1.77. The van der Waals surface area contributed by atoms with Gasteiger partial charge in [-0.3, -0.25) is 9.59 Å². The number of hydrogen-bond donors (Lipinski definition) is 2. The van der Waals surface area contributed by atoms with Crippen molar-refractivity contribution in [2.75, 3.05) is 5.32 Å². The zero-order valence-electron chi connectivity index (χ0n) is 11.5. The van der Waals surface area contributed by atoms with E-state index in [1.54, 1.807) is 54.6 Å². The molecule has 0 spiro atoms. The van der Waals surface area contributed by atoms with E-state index in [-0.39, 0.29) is 17.4 Å². The van der Waals surface area contributed by atoms with E-state index in [0.29, 0.717) is 11.3 Å². The number of carbonyl (C=O) groups is 2. The van der Waals surface area contributed by atoms with Crippen LogP contribution in [0.3, 0.4) is 0 Å². The molecule has 1 amide bonds. The Balaban J connectivity index is 2.06. The first kappa shape index (κ1) is 14.5. The number of hydrogen-bond acceptors (Lipinski definition) is 3. The number of carbonyl (C=O) groups excluding carboxylic acids is 2. The van der Waals surface area contributed by atoms with Gasteiger partial charge < -0.3 is 10.4 Å². The molecule has 0 saturated carbocycles. The summed E-state index contributed by atoms with van der Waals surface area (Å²) < 4.78 is 0. The van der Waals surface area contributed by atoms with Crippen molar-refractivity contribution in [3.8, 4) is 5.75 Å². The van der Waals surface area contributed by atoms with Crippen LogP contribution in [-0.2, 0) is 4.79 Å². The summed E-state index contributed by atoms with van der Waals surface area (Å²) >= 11 is 0. The average Bonchev–Trinajstić information content (AvgIpc) is 2.46. The predicted octanol–water partition coefficient (Wildman–Crippen LogP) is 3.25. The molecule has 21 heavy (non-hydrogen) atoms. The lowest BCUT2D eigenvalue weighted by atomic mass is 10.1. The lowest BCUT2D eigenvalue weighted by Gasteiger charge is -2.02. The number of anilines is 1. The number of ketones is 1. The molecular weight excluding hydrogens is 266 g/mol. The van der Waals surface area contributed by atoms with Crippen LogP contribution in [0.25, 0.3) is 6.08 Å². The van der Waals surface area contributed by atoms with Crippen molar-refractivity contribution >= 4 is 23.5 Å². The van der Waals surface area contributed by atoms with E-state index in [1.165, 1.54) is 13.0 Å². The number of phenolic OH excluding ortho intramolecular Hbond substituents is 1. The van der Waals surface area contributed by atoms with Crippen molar-refractivity contribution in [1.82, 2.24) is 0 Å². The Hall–Kier alpha value is -2.88. The van der Waals surface area contributed by atoms with Crippen molar-refractivity contribution in [1.29, 1.82) is 0 Å². The Morgan fingerprint density at radius 3 is 2.19 bits per heavy atom. The molecule has 0 aliphatic heterocycles. The van der Waals surface area contributed by atoms with Gasteiger partial charge in [-0.2, -0.15) is 0 Å². The Labute approximate surface area is 122 Å². The molecule has 0 heterocycles. The van der Waals surface area contributed by atoms with Gasteiger partial charge in [-0.05, 0) is 48.0 Å². The number of benzene rings is 2. The van der Waals surface area contributed by atoms with E-state index in [4.69, 9.17) is 0 Å². The van der Waals surface area contributed by atoms with Gasteiger partial charge >= 0.3 is 0 Å². The molecule has 0 saturated heterocycles. The Kier molecular flexibility index (Phi) is 4.51. The van der Waals surface area contributed by atoms with Gasteiger partial charge in [0, 0.05) is 18.2 Å². The van der Waals surface area contributed by atoms with E-state index >= 15 is 0 Å². The molecule has 0 bridgehead atoms. The molecule has 0 aliphatic rings.